The van der Waals surface area contributed by atoms with Crippen LogP contribution in [0.1, 0.15) is 66.1 Å². The average Bonchev–Trinajstić information content (AvgIpc) is 2.97. The lowest BCUT2D eigenvalue weighted by Crippen LogP contribution is -2.59. The number of hydrogen-bond donors (Lipinski definition) is 0. The van der Waals surface area contributed by atoms with E-state index in [-0.39, 0.29) is 19.5 Å². The van der Waals surface area contributed by atoms with Gasteiger partial charge in [0.05, 0.1) is 22.7 Å². The maximum Gasteiger partial charge on any atom is 0.256 e. The van der Waals surface area contributed by atoms with Crippen LogP contribution in [0.5, 0.6) is 0 Å². The Hall–Kier alpha value is -3.70. The number of hydrogen-bond acceptors (Lipinski definition) is 5. The number of halogens is 2. The number of anilines is 1. The Kier molecular flexibility index (Phi) is 8.70. The van der Waals surface area contributed by atoms with E-state index in [0.717, 1.165) is 28.1 Å². The standard InChI is InChI=1S/C31H34F2N4O4S/c1-35(2)30(38)26-17-25(18-27(32)29(26)33)42(40,41)37-16-15-28(37)31(39)36(24-11-7-4-8-12-24)20-23-14-13-22(19-34-23)21-9-5-3-6-10-21/h4,7-8,11-14,17-19,21,28H,3,5-6,9-10,15-16,20H2,1-2H3. The fourth-order valence-corrected chi connectivity index (χ4v) is 7.26. The van der Waals surface area contributed by atoms with Gasteiger partial charge in [-0.1, -0.05) is 43.5 Å². The Labute approximate surface area is 245 Å². The van der Waals surface area contributed by atoms with Crippen LogP contribution in [0.3, 0.4) is 0 Å². The molecular weight excluding hydrogens is 562 g/mol. The van der Waals surface area contributed by atoms with Crippen molar-refractivity contribution in [3.05, 3.63) is 89.2 Å². The van der Waals surface area contributed by atoms with E-state index in [9.17, 15) is 26.8 Å². The number of carbonyl (C=O) groups is 2. The monoisotopic (exact) mass is 596 g/mol. The van der Waals surface area contributed by atoms with E-state index < -0.39 is 50.0 Å². The summed E-state index contributed by atoms with van der Waals surface area (Å²) in [5.41, 5.74) is 1.73. The molecule has 1 aliphatic carbocycles. The zero-order chi connectivity index (χ0) is 30.0. The first kappa shape index (κ1) is 29.8. The summed E-state index contributed by atoms with van der Waals surface area (Å²) in [7, 11) is -1.73. The summed E-state index contributed by atoms with van der Waals surface area (Å²) in [5, 5.41) is 0. The lowest BCUT2D eigenvalue weighted by Gasteiger charge is -2.41. The highest BCUT2D eigenvalue weighted by molar-refractivity contribution is 7.89. The van der Waals surface area contributed by atoms with Gasteiger partial charge in [-0.25, -0.2) is 17.2 Å². The Bertz CT molecular complexity index is 1560. The Morgan fingerprint density at radius 2 is 1.69 bits per heavy atom. The number of nitrogens with zero attached hydrogens (tertiary/aromatic N) is 4. The number of aromatic nitrogens is 1. The molecule has 1 unspecified atom stereocenters. The number of amides is 2. The first-order valence-corrected chi connectivity index (χ1v) is 15.6. The lowest BCUT2D eigenvalue weighted by molar-refractivity contribution is -0.125. The van der Waals surface area contributed by atoms with E-state index >= 15 is 0 Å². The predicted octanol–water partition coefficient (Wildman–Crippen LogP) is 5.11. The molecule has 1 aromatic heterocycles. The van der Waals surface area contributed by atoms with Crippen LogP contribution in [-0.4, -0.2) is 61.1 Å². The van der Waals surface area contributed by atoms with E-state index in [1.807, 2.05) is 18.3 Å². The molecule has 0 bridgehead atoms. The van der Waals surface area contributed by atoms with Gasteiger partial charge in [0.15, 0.2) is 11.6 Å². The highest BCUT2D eigenvalue weighted by Crippen LogP contribution is 2.34. The maximum atomic E-state index is 14.5. The molecule has 2 aromatic carbocycles. The molecule has 1 atom stereocenters. The van der Waals surface area contributed by atoms with Gasteiger partial charge in [0.25, 0.3) is 5.91 Å². The summed E-state index contributed by atoms with van der Waals surface area (Å²) < 4.78 is 57.0. The first-order chi connectivity index (χ1) is 20.1. The van der Waals surface area contributed by atoms with Crippen molar-refractivity contribution in [1.29, 1.82) is 0 Å². The van der Waals surface area contributed by atoms with Crippen molar-refractivity contribution in [2.24, 2.45) is 0 Å². The summed E-state index contributed by atoms with van der Waals surface area (Å²) in [6, 6.07) is 13.2. The number of para-hydroxylation sites is 1. The minimum Gasteiger partial charge on any atom is -0.345 e. The minimum absolute atomic E-state index is 0.0195. The second kappa shape index (κ2) is 12.3. The average molecular weight is 597 g/mol. The zero-order valence-corrected chi connectivity index (χ0v) is 24.5. The molecule has 1 aliphatic heterocycles. The summed E-state index contributed by atoms with van der Waals surface area (Å²) >= 11 is 0. The number of benzene rings is 2. The number of carbonyl (C=O) groups excluding carboxylic acids is 2. The summed E-state index contributed by atoms with van der Waals surface area (Å²) in [6.45, 7) is 0.149. The molecule has 2 aliphatic rings. The number of rotatable bonds is 8. The van der Waals surface area contributed by atoms with E-state index in [0.29, 0.717) is 23.4 Å². The third-order valence-electron chi connectivity index (χ3n) is 8.08. The molecule has 2 amide bonds. The van der Waals surface area contributed by atoms with Crippen molar-refractivity contribution < 1.29 is 26.8 Å². The minimum atomic E-state index is -4.43. The normalized spacial score (nSPS) is 17.9. The van der Waals surface area contributed by atoms with Crippen LogP contribution in [0.2, 0.25) is 0 Å². The second-order valence-corrected chi connectivity index (χ2v) is 13.0. The van der Waals surface area contributed by atoms with Crippen LogP contribution >= 0.6 is 0 Å². The van der Waals surface area contributed by atoms with Gasteiger partial charge in [0.1, 0.15) is 6.04 Å². The van der Waals surface area contributed by atoms with Gasteiger partial charge in [-0.3, -0.25) is 14.6 Å². The van der Waals surface area contributed by atoms with Crippen molar-refractivity contribution in [2.45, 2.75) is 61.9 Å². The molecule has 11 heteroatoms. The quantitative estimate of drug-likeness (QED) is 0.361. The largest absolute Gasteiger partial charge is 0.345 e. The molecule has 0 spiro atoms. The molecule has 2 fully saturated rings. The summed E-state index contributed by atoms with van der Waals surface area (Å²) in [6.07, 6.45) is 8.09. The molecule has 42 heavy (non-hydrogen) atoms. The van der Waals surface area contributed by atoms with Crippen LogP contribution in [0, 0.1) is 11.6 Å². The highest BCUT2D eigenvalue weighted by Gasteiger charge is 2.45. The lowest BCUT2D eigenvalue weighted by atomic mass is 9.85. The van der Waals surface area contributed by atoms with Gasteiger partial charge < -0.3 is 9.80 Å². The molecule has 222 valence electrons. The molecule has 1 saturated heterocycles. The molecular formula is C31H34F2N4O4S. The van der Waals surface area contributed by atoms with Crippen molar-refractivity contribution >= 4 is 27.5 Å². The topological polar surface area (TPSA) is 90.9 Å². The van der Waals surface area contributed by atoms with Gasteiger partial charge in [0.2, 0.25) is 15.9 Å². The maximum absolute atomic E-state index is 14.5. The third kappa shape index (κ3) is 5.94. The Morgan fingerprint density at radius 1 is 0.976 bits per heavy atom. The van der Waals surface area contributed by atoms with Crippen molar-refractivity contribution in [1.82, 2.24) is 14.2 Å². The molecule has 8 nitrogen and oxygen atoms in total. The van der Waals surface area contributed by atoms with Crippen LogP contribution < -0.4 is 4.90 Å². The molecule has 3 aromatic rings. The molecule has 2 heterocycles. The van der Waals surface area contributed by atoms with Crippen LogP contribution in [0.15, 0.2) is 65.7 Å². The van der Waals surface area contributed by atoms with Crippen LogP contribution in [0.4, 0.5) is 14.5 Å². The fourth-order valence-electron chi connectivity index (χ4n) is 5.60. The number of sulfonamides is 1. The van der Waals surface area contributed by atoms with Gasteiger partial charge in [-0.2, -0.15) is 4.31 Å². The highest BCUT2D eigenvalue weighted by atomic mass is 32.2. The smallest absolute Gasteiger partial charge is 0.256 e. The molecule has 5 rings (SSSR count). The SMILES string of the molecule is CN(C)C(=O)c1cc(S(=O)(=O)N2CCC2C(=O)N(Cc2ccc(C3CCCCC3)cn2)c2ccccc2)cc(F)c1F. The van der Waals surface area contributed by atoms with E-state index in [1.54, 1.807) is 24.3 Å². The van der Waals surface area contributed by atoms with Gasteiger partial charge in [-0.15, -0.1) is 0 Å². The van der Waals surface area contributed by atoms with Gasteiger partial charge in [-0.05, 0) is 61.1 Å². The van der Waals surface area contributed by atoms with E-state index in [4.69, 9.17) is 0 Å². The molecule has 0 N–H and O–H groups in total. The van der Waals surface area contributed by atoms with Crippen LogP contribution in [0.25, 0.3) is 0 Å². The zero-order valence-electron chi connectivity index (χ0n) is 23.7. The molecule has 0 radical (unpaired) electrons. The van der Waals surface area contributed by atoms with Crippen molar-refractivity contribution in [3.63, 3.8) is 0 Å². The van der Waals surface area contributed by atoms with E-state index in [1.165, 1.54) is 43.8 Å². The van der Waals surface area contributed by atoms with Crippen molar-refractivity contribution in [3.8, 4) is 0 Å². The first-order valence-electron chi connectivity index (χ1n) is 14.1. The van der Waals surface area contributed by atoms with Gasteiger partial charge in [0, 0.05) is 32.5 Å². The predicted molar refractivity (Wildman–Crippen MR) is 154 cm³/mol. The Morgan fingerprint density at radius 3 is 2.29 bits per heavy atom. The van der Waals surface area contributed by atoms with Crippen LogP contribution in [-0.2, 0) is 21.4 Å². The fraction of sp³-hybridized carbons (Fsp3) is 0.387. The molecule has 1 saturated carbocycles. The van der Waals surface area contributed by atoms with Gasteiger partial charge >= 0.3 is 0 Å². The van der Waals surface area contributed by atoms with E-state index in [2.05, 4.69) is 11.1 Å². The van der Waals surface area contributed by atoms with Crippen molar-refractivity contribution in [2.75, 3.05) is 25.5 Å². The number of pyridine rings is 1. The summed E-state index contributed by atoms with van der Waals surface area (Å²) in [4.78, 5) is 32.9. The second-order valence-electron chi connectivity index (χ2n) is 11.1. The summed E-state index contributed by atoms with van der Waals surface area (Å²) in [5.74, 6) is -3.73. The Balaban J connectivity index is 1.41. The third-order valence-corrected chi connectivity index (χ3v) is 9.96.